The summed E-state index contributed by atoms with van der Waals surface area (Å²) >= 11 is 1.85. The molecule has 2 unspecified atom stereocenters. The Hall–Kier alpha value is 0.170. The first kappa shape index (κ1) is 12.2. The molecule has 0 aromatic heterocycles. The SMILES string of the molecule is CC(NC1CSCCC1(C)C)C(F)F. The zero-order valence-electron chi connectivity index (χ0n) is 9.02. The van der Waals surface area contributed by atoms with Crippen LogP contribution in [0.2, 0.25) is 0 Å². The predicted molar refractivity (Wildman–Crippen MR) is 58.1 cm³/mol. The van der Waals surface area contributed by atoms with Crippen molar-refractivity contribution in [1.29, 1.82) is 0 Å². The van der Waals surface area contributed by atoms with Crippen LogP contribution in [0.25, 0.3) is 0 Å². The molecule has 0 saturated carbocycles. The molecule has 1 fully saturated rings. The Morgan fingerprint density at radius 3 is 2.57 bits per heavy atom. The molecule has 0 bridgehead atoms. The van der Waals surface area contributed by atoms with Gasteiger partial charge in [-0.2, -0.15) is 11.8 Å². The van der Waals surface area contributed by atoms with Crippen LogP contribution in [0.5, 0.6) is 0 Å². The topological polar surface area (TPSA) is 12.0 Å². The van der Waals surface area contributed by atoms with E-state index in [1.54, 1.807) is 6.92 Å². The van der Waals surface area contributed by atoms with Gasteiger partial charge in [0.25, 0.3) is 6.43 Å². The predicted octanol–water partition coefficient (Wildman–Crippen LogP) is 2.76. The maximum Gasteiger partial charge on any atom is 0.253 e. The van der Waals surface area contributed by atoms with Crippen LogP contribution in [0.4, 0.5) is 8.78 Å². The summed E-state index contributed by atoms with van der Waals surface area (Å²) < 4.78 is 24.7. The molecule has 1 aliphatic heterocycles. The lowest BCUT2D eigenvalue weighted by Gasteiger charge is -2.40. The Morgan fingerprint density at radius 2 is 2.07 bits per heavy atom. The quantitative estimate of drug-likeness (QED) is 0.789. The fourth-order valence-electron chi connectivity index (χ4n) is 1.60. The van der Waals surface area contributed by atoms with Crippen molar-refractivity contribution in [3.8, 4) is 0 Å². The molecule has 1 nitrogen and oxygen atoms in total. The summed E-state index contributed by atoms with van der Waals surface area (Å²) in [5.41, 5.74) is 0.147. The van der Waals surface area contributed by atoms with Gasteiger partial charge in [-0.15, -0.1) is 0 Å². The number of hydrogen-bond acceptors (Lipinski definition) is 2. The lowest BCUT2D eigenvalue weighted by Crippen LogP contribution is -2.51. The van der Waals surface area contributed by atoms with Crippen LogP contribution in [-0.2, 0) is 0 Å². The van der Waals surface area contributed by atoms with E-state index in [-0.39, 0.29) is 11.5 Å². The van der Waals surface area contributed by atoms with Crippen LogP contribution in [0.3, 0.4) is 0 Å². The van der Waals surface area contributed by atoms with Crippen molar-refractivity contribution in [3.05, 3.63) is 0 Å². The van der Waals surface area contributed by atoms with Gasteiger partial charge in [-0.25, -0.2) is 8.78 Å². The van der Waals surface area contributed by atoms with E-state index < -0.39 is 12.5 Å². The molecule has 0 spiro atoms. The van der Waals surface area contributed by atoms with Crippen LogP contribution >= 0.6 is 11.8 Å². The highest BCUT2D eigenvalue weighted by atomic mass is 32.2. The molecule has 1 aliphatic rings. The summed E-state index contributed by atoms with van der Waals surface area (Å²) in [6, 6.07) is -0.483. The summed E-state index contributed by atoms with van der Waals surface area (Å²) in [6.07, 6.45) is -1.16. The van der Waals surface area contributed by atoms with Gasteiger partial charge in [0, 0.05) is 11.8 Å². The van der Waals surface area contributed by atoms with Crippen LogP contribution < -0.4 is 5.32 Å². The minimum atomic E-state index is -2.27. The molecule has 4 heteroatoms. The number of hydrogen-bond donors (Lipinski definition) is 1. The van der Waals surface area contributed by atoms with Gasteiger partial charge in [0.1, 0.15) is 0 Å². The number of alkyl halides is 2. The van der Waals surface area contributed by atoms with Crippen LogP contribution in [-0.4, -0.2) is 30.0 Å². The molecule has 0 aliphatic carbocycles. The Morgan fingerprint density at radius 1 is 1.43 bits per heavy atom. The summed E-state index contributed by atoms with van der Waals surface area (Å²) in [5.74, 6) is 2.10. The number of nitrogens with one attached hydrogen (secondary N) is 1. The summed E-state index contributed by atoms with van der Waals surface area (Å²) in [7, 11) is 0. The molecule has 1 heterocycles. The second-order valence-electron chi connectivity index (χ2n) is 4.66. The first-order chi connectivity index (χ1) is 6.43. The highest BCUT2D eigenvalue weighted by Gasteiger charge is 2.34. The van der Waals surface area contributed by atoms with Gasteiger partial charge in [-0.05, 0) is 24.5 Å². The van der Waals surface area contributed by atoms with Crippen molar-refractivity contribution >= 4 is 11.8 Å². The molecule has 1 rings (SSSR count). The minimum Gasteiger partial charge on any atom is -0.305 e. The average Bonchev–Trinajstić information content (AvgIpc) is 2.08. The zero-order chi connectivity index (χ0) is 10.8. The molecule has 14 heavy (non-hydrogen) atoms. The molecule has 0 aromatic carbocycles. The second kappa shape index (κ2) is 4.79. The second-order valence-corrected chi connectivity index (χ2v) is 5.81. The average molecular weight is 223 g/mol. The van der Waals surface area contributed by atoms with Gasteiger partial charge in [-0.1, -0.05) is 13.8 Å². The Bertz CT molecular complexity index is 185. The van der Waals surface area contributed by atoms with Gasteiger partial charge in [0.15, 0.2) is 0 Å². The molecule has 0 amide bonds. The normalized spacial score (nSPS) is 29.1. The Balaban J connectivity index is 2.49. The van der Waals surface area contributed by atoms with E-state index in [1.807, 2.05) is 11.8 Å². The lowest BCUT2D eigenvalue weighted by atomic mass is 9.82. The largest absolute Gasteiger partial charge is 0.305 e. The Labute approximate surface area is 89.0 Å². The smallest absolute Gasteiger partial charge is 0.253 e. The summed E-state index contributed by atoms with van der Waals surface area (Å²) in [6.45, 7) is 5.87. The van der Waals surface area contributed by atoms with Crippen LogP contribution in [0.1, 0.15) is 27.2 Å². The van der Waals surface area contributed by atoms with Crippen LogP contribution in [0.15, 0.2) is 0 Å². The van der Waals surface area contributed by atoms with Gasteiger partial charge < -0.3 is 5.32 Å². The summed E-state index contributed by atoms with van der Waals surface area (Å²) in [5, 5.41) is 3.04. The van der Waals surface area contributed by atoms with E-state index in [0.717, 1.165) is 17.9 Å². The molecule has 1 N–H and O–H groups in total. The molecule has 84 valence electrons. The third-order valence-electron chi connectivity index (χ3n) is 2.96. The van der Waals surface area contributed by atoms with Gasteiger partial charge in [0.05, 0.1) is 6.04 Å². The van der Waals surface area contributed by atoms with Gasteiger partial charge >= 0.3 is 0 Å². The molecular formula is C10H19F2NS. The van der Waals surface area contributed by atoms with Crippen molar-refractivity contribution in [2.75, 3.05) is 11.5 Å². The third-order valence-corrected chi connectivity index (χ3v) is 4.02. The van der Waals surface area contributed by atoms with Crippen molar-refractivity contribution < 1.29 is 8.78 Å². The van der Waals surface area contributed by atoms with E-state index >= 15 is 0 Å². The molecular weight excluding hydrogens is 204 g/mol. The lowest BCUT2D eigenvalue weighted by molar-refractivity contribution is 0.0874. The third kappa shape index (κ3) is 3.09. The first-order valence-electron chi connectivity index (χ1n) is 5.05. The maximum absolute atomic E-state index is 12.4. The molecule has 0 aromatic rings. The van der Waals surface area contributed by atoms with Crippen molar-refractivity contribution in [3.63, 3.8) is 0 Å². The fourth-order valence-corrected chi connectivity index (χ4v) is 3.22. The fraction of sp³-hybridized carbons (Fsp3) is 1.00. The first-order valence-corrected chi connectivity index (χ1v) is 6.21. The minimum absolute atomic E-state index is 0.147. The van der Waals surface area contributed by atoms with E-state index in [0.29, 0.717) is 0 Å². The maximum atomic E-state index is 12.4. The standard InChI is InChI=1S/C10H19F2NS/c1-7(9(11)12)13-8-6-14-5-4-10(8,2)3/h7-9,13H,4-6H2,1-3H3. The number of halogens is 2. The van der Waals surface area contributed by atoms with Crippen molar-refractivity contribution in [2.24, 2.45) is 5.41 Å². The monoisotopic (exact) mass is 223 g/mol. The van der Waals surface area contributed by atoms with Gasteiger partial charge in [0.2, 0.25) is 0 Å². The van der Waals surface area contributed by atoms with E-state index in [2.05, 4.69) is 19.2 Å². The highest BCUT2D eigenvalue weighted by molar-refractivity contribution is 7.99. The number of thioether (sulfide) groups is 1. The van der Waals surface area contributed by atoms with E-state index in [9.17, 15) is 8.78 Å². The summed E-state index contributed by atoms with van der Waals surface area (Å²) in [4.78, 5) is 0. The molecule has 1 saturated heterocycles. The van der Waals surface area contributed by atoms with E-state index in [1.165, 1.54) is 0 Å². The van der Waals surface area contributed by atoms with E-state index in [4.69, 9.17) is 0 Å². The zero-order valence-corrected chi connectivity index (χ0v) is 9.83. The molecule has 2 atom stereocenters. The van der Waals surface area contributed by atoms with Crippen LogP contribution in [0, 0.1) is 5.41 Å². The van der Waals surface area contributed by atoms with Crippen molar-refractivity contribution in [2.45, 2.75) is 45.7 Å². The van der Waals surface area contributed by atoms with Gasteiger partial charge in [-0.3, -0.25) is 0 Å². The Kier molecular flexibility index (Phi) is 4.19. The molecule has 0 radical (unpaired) electrons. The number of rotatable bonds is 3. The highest BCUT2D eigenvalue weighted by Crippen LogP contribution is 2.34. The van der Waals surface area contributed by atoms with Crippen molar-refractivity contribution in [1.82, 2.24) is 5.32 Å².